The van der Waals surface area contributed by atoms with Gasteiger partial charge in [0.2, 0.25) is 0 Å². The van der Waals surface area contributed by atoms with Crippen LogP contribution in [-0.2, 0) is 0 Å². The monoisotopic (exact) mass is 279 g/mol. The zero-order valence-corrected chi connectivity index (χ0v) is 12.8. The van der Waals surface area contributed by atoms with E-state index in [1.165, 1.54) is 10.4 Å². The van der Waals surface area contributed by atoms with E-state index in [2.05, 4.69) is 43.0 Å². The lowest BCUT2D eigenvalue weighted by Gasteiger charge is -2.31. The van der Waals surface area contributed by atoms with Crippen LogP contribution in [0, 0.1) is 13.8 Å². The molecule has 0 radical (unpaired) electrons. The number of aliphatic hydroxyl groups is 1. The fourth-order valence-electron chi connectivity index (χ4n) is 2.22. The molecule has 0 saturated heterocycles. The summed E-state index contributed by atoms with van der Waals surface area (Å²) in [4.78, 5) is 11.0. The summed E-state index contributed by atoms with van der Waals surface area (Å²) in [7, 11) is 0. The van der Waals surface area contributed by atoms with Crippen molar-refractivity contribution in [1.29, 1.82) is 0 Å². The molecule has 2 heterocycles. The van der Waals surface area contributed by atoms with Crippen LogP contribution in [0.3, 0.4) is 0 Å². The maximum Gasteiger partial charge on any atom is 0.138 e. The number of aromatic nitrogens is 2. The first kappa shape index (κ1) is 14.2. The lowest BCUT2D eigenvalue weighted by Crippen LogP contribution is -2.41. The third-order valence-corrected chi connectivity index (χ3v) is 5.12. The van der Waals surface area contributed by atoms with Crippen LogP contribution in [0.5, 0.6) is 0 Å². The molecular formula is C14H21N3OS. The number of aryl methyl sites for hydroxylation is 2. The first-order valence-electron chi connectivity index (χ1n) is 6.66. The highest BCUT2D eigenvalue weighted by atomic mass is 32.1. The van der Waals surface area contributed by atoms with Gasteiger partial charge in [-0.2, -0.15) is 0 Å². The second-order valence-electron chi connectivity index (χ2n) is 4.96. The minimum absolute atomic E-state index is 0.105. The Morgan fingerprint density at radius 2 is 1.95 bits per heavy atom. The Morgan fingerprint density at radius 1 is 1.26 bits per heavy atom. The molecule has 104 valence electrons. The fourth-order valence-corrected chi connectivity index (χ4v) is 3.22. The van der Waals surface area contributed by atoms with E-state index in [1.54, 1.807) is 17.7 Å². The summed E-state index contributed by atoms with van der Waals surface area (Å²) in [6.07, 6.45) is 3.30. The molecule has 0 spiro atoms. The number of thiophene rings is 1. The minimum atomic E-state index is -0.302. The summed E-state index contributed by atoms with van der Waals surface area (Å²) in [6, 6.07) is 0. The second-order valence-corrected chi connectivity index (χ2v) is 6.16. The number of aliphatic hydroxyl groups excluding tert-OH is 1. The van der Waals surface area contributed by atoms with Crippen molar-refractivity contribution in [1.82, 2.24) is 9.97 Å². The number of rotatable bonds is 5. The Labute approximate surface area is 117 Å². The number of hydrogen-bond acceptors (Lipinski definition) is 5. The molecule has 2 N–H and O–H groups in total. The van der Waals surface area contributed by atoms with E-state index in [0.717, 1.165) is 28.9 Å². The predicted octanol–water partition coefficient (Wildman–Crippen LogP) is 3.27. The Hall–Kier alpha value is -1.20. The van der Waals surface area contributed by atoms with Gasteiger partial charge in [-0.05, 0) is 32.3 Å². The van der Waals surface area contributed by atoms with Crippen molar-refractivity contribution in [2.24, 2.45) is 0 Å². The van der Waals surface area contributed by atoms with E-state index < -0.39 is 0 Å². The predicted molar refractivity (Wildman–Crippen MR) is 80.9 cm³/mol. The summed E-state index contributed by atoms with van der Waals surface area (Å²) in [6.45, 7) is 8.47. The Balaban J connectivity index is 2.51. The van der Waals surface area contributed by atoms with Crippen molar-refractivity contribution >= 4 is 27.4 Å². The molecular weight excluding hydrogens is 258 g/mol. The third-order valence-electron chi connectivity index (χ3n) is 4.01. The van der Waals surface area contributed by atoms with E-state index in [1.807, 2.05) is 0 Å². The SMILES string of the molecule is CCC(CC)(CO)Nc1ncnc2sc(C)c(C)c12. The Morgan fingerprint density at radius 3 is 2.53 bits per heavy atom. The lowest BCUT2D eigenvalue weighted by molar-refractivity contribution is 0.202. The van der Waals surface area contributed by atoms with E-state index in [9.17, 15) is 5.11 Å². The lowest BCUT2D eigenvalue weighted by atomic mass is 9.93. The average molecular weight is 279 g/mol. The molecule has 0 amide bonds. The summed E-state index contributed by atoms with van der Waals surface area (Å²) in [5.41, 5.74) is 0.922. The summed E-state index contributed by atoms with van der Waals surface area (Å²) in [5.74, 6) is 0.838. The first-order valence-corrected chi connectivity index (χ1v) is 7.48. The number of anilines is 1. The van der Waals surface area contributed by atoms with E-state index >= 15 is 0 Å². The minimum Gasteiger partial charge on any atom is -0.394 e. The van der Waals surface area contributed by atoms with Gasteiger partial charge in [0.15, 0.2) is 0 Å². The van der Waals surface area contributed by atoms with Crippen LogP contribution in [0.4, 0.5) is 5.82 Å². The van der Waals surface area contributed by atoms with Crippen molar-refractivity contribution in [3.8, 4) is 0 Å². The van der Waals surface area contributed by atoms with Gasteiger partial charge >= 0.3 is 0 Å². The van der Waals surface area contributed by atoms with Crippen molar-refractivity contribution in [3.05, 3.63) is 16.8 Å². The summed E-state index contributed by atoms with van der Waals surface area (Å²) in [5, 5.41) is 14.2. The topological polar surface area (TPSA) is 58.0 Å². The van der Waals surface area contributed by atoms with E-state index in [0.29, 0.717) is 0 Å². The molecule has 0 unspecified atom stereocenters. The molecule has 0 aliphatic carbocycles. The highest BCUT2D eigenvalue weighted by Crippen LogP contribution is 2.34. The molecule has 4 nitrogen and oxygen atoms in total. The molecule has 0 aromatic carbocycles. The molecule has 2 aromatic heterocycles. The molecule has 0 aliphatic rings. The number of fused-ring (bicyclic) bond motifs is 1. The van der Waals surface area contributed by atoms with Crippen LogP contribution in [0.25, 0.3) is 10.2 Å². The normalized spacial score (nSPS) is 12.1. The van der Waals surface area contributed by atoms with Gasteiger partial charge in [0.1, 0.15) is 17.0 Å². The van der Waals surface area contributed by atoms with Crippen molar-refractivity contribution in [2.75, 3.05) is 11.9 Å². The van der Waals surface area contributed by atoms with Crippen LogP contribution in [-0.4, -0.2) is 27.2 Å². The van der Waals surface area contributed by atoms with E-state index in [4.69, 9.17) is 0 Å². The summed E-state index contributed by atoms with van der Waals surface area (Å²) < 4.78 is 0. The van der Waals surface area contributed by atoms with Gasteiger partial charge < -0.3 is 10.4 Å². The van der Waals surface area contributed by atoms with Crippen LogP contribution < -0.4 is 5.32 Å². The quantitative estimate of drug-likeness (QED) is 0.882. The van der Waals surface area contributed by atoms with Crippen molar-refractivity contribution < 1.29 is 5.11 Å². The van der Waals surface area contributed by atoms with E-state index in [-0.39, 0.29) is 12.1 Å². The molecule has 0 fully saturated rings. The van der Waals surface area contributed by atoms with Crippen molar-refractivity contribution in [2.45, 2.75) is 46.1 Å². The number of hydrogen-bond donors (Lipinski definition) is 2. The molecule has 2 aromatic rings. The van der Waals surface area contributed by atoms with Gasteiger partial charge in [0.25, 0.3) is 0 Å². The molecule has 0 atom stereocenters. The number of nitrogens with zero attached hydrogens (tertiary/aromatic N) is 2. The van der Waals surface area contributed by atoms with Crippen LogP contribution in [0.1, 0.15) is 37.1 Å². The van der Waals surface area contributed by atoms with Gasteiger partial charge in [-0.3, -0.25) is 0 Å². The summed E-state index contributed by atoms with van der Waals surface area (Å²) >= 11 is 1.69. The zero-order chi connectivity index (χ0) is 14.0. The maximum atomic E-state index is 9.68. The zero-order valence-electron chi connectivity index (χ0n) is 11.9. The molecule has 0 saturated carbocycles. The molecule has 0 aliphatic heterocycles. The third kappa shape index (κ3) is 2.44. The maximum absolute atomic E-state index is 9.68. The highest BCUT2D eigenvalue weighted by Gasteiger charge is 2.26. The first-order chi connectivity index (χ1) is 9.06. The van der Waals surface area contributed by atoms with Crippen LogP contribution in [0.2, 0.25) is 0 Å². The number of nitrogens with one attached hydrogen (secondary N) is 1. The smallest absolute Gasteiger partial charge is 0.138 e. The average Bonchev–Trinajstić information content (AvgIpc) is 2.73. The van der Waals surface area contributed by atoms with Gasteiger partial charge in [0.05, 0.1) is 17.5 Å². The van der Waals surface area contributed by atoms with Gasteiger partial charge in [-0.1, -0.05) is 13.8 Å². The molecule has 5 heteroatoms. The highest BCUT2D eigenvalue weighted by molar-refractivity contribution is 7.18. The standard InChI is InChI=1S/C14H21N3OS/c1-5-14(6-2,7-18)17-12-11-9(3)10(4)19-13(11)16-8-15-12/h8,18H,5-7H2,1-4H3,(H,15,16,17). The second kappa shape index (κ2) is 5.43. The molecule has 0 bridgehead atoms. The van der Waals surface area contributed by atoms with Gasteiger partial charge in [0, 0.05) is 4.88 Å². The van der Waals surface area contributed by atoms with Crippen LogP contribution in [0.15, 0.2) is 6.33 Å². The Kier molecular flexibility index (Phi) is 4.06. The molecule has 19 heavy (non-hydrogen) atoms. The largest absolute Gasteiger partial charge is 0.394 e. The fraction of sp³-hybridized carbons (Fsp3) is 0.571. The molecule has 2 rings (SSSR count). The van der Waals surface area contributed by atoms with Crippen molar-refractivity contribution in [3.63, 3.8) is 0 Å². The Bertz CT molecular complexity index is 567. The van der Waals surface area contributed by atoms with Gasteiger partial charge in [-0.15, -0.1) is 11.3 Å². The van der Waals surface area contributed by atoms with Gasteiger partial charge in [-0.25, -0.2) is 9.97 Å². The van der Waals surface area contributed by atoms with Crippen LogP contribution >= 0.6 is 11.3 Å².